The molecule has 0 saturated heterocycles. The highest BCUT2D eigenvalue weighted by Gasteiger charge is 2.40. The third-order valence-corrected chi connectivity index (χ3v) is 9.85. The Bertz CT molecular complexity index is 1270. The highest BCUT2D eigenvalue weighted by atomic mass is 31.2. The first kappa shape index (κ1) is 25.6. The van der Waals surface area contributed by atoms with E-state index in [1.54, 1.807) is 21.3 Å². The standard InChI is InChI=1S/C30H32NO4P/c1-31(22-23-15-18-25(33-2)19-16-23)30(24-17-20-28(34-3)29(21-24)35-4)36(32,26-11-7-5-8-12-26)27-13-9-6-10-14-27/h5-21,30H,22H2,1-4H3. The van der Waals surface area contributed by atoms with Gasteiger partial charge in [0, 0.05) is 17.2 Å². The summed E-state index contributed by atoms with van der Waals surface area (Å²) in [6.45, 7) is 0.590. The second-order valence-corrected chi connectivity index (χ2v) is 11.4. The van der Waals surface area contributed by atoms with Gasteiger partial charge in [0.15, 0.2) is 18.6 Å². The topological polar surface area (TPSA) is 48.0 Å². The number of ether oxygens (including phenoxy) is 3. The van der Waals surface area contributed by atoms with E-state index in [4.69, 9.17) is 14.2 Å². The maximum absolute atomic E-state index is 15.5. The molecule has 4 aromatic carbocycles. The molecular formula is C30H32NO4P. The Balaban J connectivity index is 1.90. The second kappa shape index (κ2) is 11.5. The smallest absolute Gasteiger partial charge is 0.163 e. The number of hydrogen-bond donors (Lipinski definition) is 0. The molecule has 0 radical (unpaired) electrons. The zero-order valence-electron chi connectivity index (χ0n) is 21.1. The van der Waals surface area contributed by atoms with Crippen LogP contribution >= 0.6 is 7.14 Å². The molecule has 186 valence electrons. The molecule has 1 atom stereocenters. The summed E-state index contributed by atoms with van der Waals surface area (Å²) < 4.78 is 31.9. The van der Waals surface area contributed by atoms with Gasteiger partial charge in [-0.2, -0.15) is 0 Å². The van der Waals surface area contributed by atoms with Gasteiger partial charge in [0.2, 0.25) is 0 Å². The van der Waals surface area contributed by atoms with Gasteiger partial charge in [-0.1, -0.05) is 78.9 Å². The molecule has 0 aromatic heterocycles. The van der Waals surface area contributed by atoms with E-state index in [2.05, 4.69) is 4.90 Å². The van der Waals surface area contributed by atoms with Crippen LogP contribution in [-0.2, 0) is 11.1 Å². The highest BCUT2D eigenvalue weighted by molar-refractivity contribution is 7.78. The van der Waals surface area contributed by atoms with Crippen molar-refractivity contribution >= 4 is 17.8 Å². The highest BCUT2D eigenvalue weighted by Crippen LogP contribution is 2.59. The summed E-state index contributed by atoms with van der Waals surface area (Å²) in [6.07, 6.45) is 0. The molecule has 5 nitrogen and oxygen atoms in total. The summed E-state index contributed by atoms with van der Waals surface area (Å²) in [5, 5.41) is 1.61. The Morgan fingerprint density at radius 1 is 0.694 bits per heavy atom. The molecule has 0 N–H and O–H groups in total. The quantitative estimate of drug-likeness (QED) is 0.255. The number of hydrogen-bond acceptors (Lipinski definition) is 5. The van der Waals surface area contributed by atoms with E-state index in [0.29, 0.717) is 18.0 Å². The summed E-state index contributed by atoms with van der Waals surface area (Å²) in [6, 6.07) is 33.3. The van der Waals surface area contributed by atoms with Crippen LogP contribution in [0.15, 0.2) is 103 Å². The molecule has 0 heterocycles. The van der Waals surface area contributed by atoms with Crippen molar-refractivity contribution in [3.63, 3.8) is 0 Å². The lowest BCUT2D eigenvalue weighted by atomic mass is 10.1. The Morgan fingerprint density at radius 3 is 1.75 bits per heavy atom. The molecule has 4 rings (SSSR count). The van der Waals surface area contributed by atoms with Crippen molar-refractivity contribution in [3.05, 3.63) is 114 Å². The number of methoxy groups -OCH3 is 3. The summed E-state index contributed by atoms with van der Waals surface area (Å²) >= 11 is 0. The van der Waals surface area contributed by atoms with Crippen molar-refractivity contribution in [2.45, 2.75) is 12.3 Å². The fourth-order valence-electron chi connectivity index (χ4n) is 4.59. The maximum atomic E-state index is 15.5. The van der Waals surface area contributed by atoms with E-state index in [1.165, 1.54) is 0 Å². The zero-order valence-corrected chi connectivity index (χ0v) is 22.0. The van der Waals surface area contributed by atoms with Gasteiger partial charge in [0.1, 0.15) is 5.75 Å². The Kier molecular flexibility index (Phi) is 8.14. The summed E-state index contributed by atoms with van der Waals surface area (Å²) in [7, 11) is 3.69. The lowest BCUT2D eigenvalue weighted by Crippen LogP contribution is -2.32. The molecule has 0 spiro atoms. The third-order valence-electron chi connectivity index (χ3n) is 6.34. The first-order chi connectivity index (χ1) is 17.5. The molecule has 0 aliphatic rings. The molecule has 0 aliphatic heterocycles. The normalized spacial score (nSPS) is 12.2. The fourth-order valence-corrected chi connectivity index (χ4v) is 7.90. The van der Waals surface area contributed by atoms with Crippen LogP contribution in [0.5, 0.6) is 17.2 Å². The van der Waals surface area contributed by atoms with Gasteiger partial charge in [-0.15, -0.1) is 0 Å². The van der Waals surface area contributed by atoms with Gasteiger partial charge >= 0.3 is 0 Å². The lowest BCUT2D eigenvalue weighted by Gasteiger charge is -2.36. The summed E-state index contributed by atoms with van der Waals surface area (Å²) in [5.41, 5.74) is 1.98. The maximum Gasteiger partial charge on any atom is 0.163 e. The molecule has 0 aliphatic carbocycles. The van der Waals surface area contributed by atoms with Crippen molar-refractivity contribution in [3.8, 4) is 17.2 Å². The van der Waals surface area contributed by atoms with Crippen LogP contribution in [0.25, 0.3) is 0 Å². The Morgan fingerprint density at radius 2 is 1.25 bits per heavy atom. The van der Waals surface area contributed by atoms with Crippen LogP contribution in [0, 0.1) is 0 Å². The third kappa shape index (κ3) is 5.18. The molecule has 0 bridgehead atoms. The van der Waals surface area contributed by atoms with E-state index in [-0.39, 0.29) is 0 Å². The number of nitrogens with zero attached hydrogens (tertiary/aromatic N) is 1. The molecule has 4 aromatic rings. The van der Waals surface area contributed by atoms with Crippen LogP contribution in [0.4, 0.5) is 0 Å². The Hall–Kier alpha value is -3.53. The summed E-state index contributed by atoms with van der Waals surface area (Å²) in [5.74, 6) is 1.58. The SMILES string of the molecule is COc1ccc(CN(C)C(c2ccc(OC)c(OC)c2)P(=O)(c2ccccc2)c2ccccc2)cc1. The van der Waals surface area contributed by atoms with Crippen molar-refractivity contribution in [1.82, 2.24) is 4.90 Å². The first-order valence-electron chi connectivity index (χ1n) is 11.8. The second-order valence-electron chi connectivity index (χ2n) is 8.58. The Labute approximate surface area is 213 Å². The monoisotopic (exact) mass is 501 g/mol. The number of rotatable bonds is 10. The van der Waals surface area contributed by atoms with Gasteiger partial charge in [-0.3, -0.25) is 4.90 Å². The summed E-state index contributed by atoms with van der Waals surface area (Å²) in [4.78, 5) is 2.16. The van der Waals surface area contributed by atoms with E-state index in [9.17, 15) is 0 Å². The molecular weight excluding hydrogens is 469 g/mol. The van der Waals surface area contributed by atoms with Gasteiger partial charge in [0.25, 0.3) is 0 Å². The molecule has 6 heteroatoms. The predicted molar refractivity (Wildman–Crippen MR) is 147 cm³/mol. The van der Waals surface area contributed by atoms with E-state index < -0.39 is 12.9 Å². The van der Waals surface area contributed by atoms with E-state index in [1.807, 2.05) is 110 Å². The zero-order chi connectivity index (χ0) is 25.5. The van der Waals surface area contributed by atoms with Gasteiger partial charge in [0.05, 0.1) is 27.1 Å². The molecule has 0 saturated carbocycles. The van der Waals surface area contributed by atoms with Crippen molar-refractivity contribution in [1.29, 1.82) is 0 Å². The number of benzene rings is 4. The lowest BCUT2D eigenvalue weighted by molar-refractivity contribution is 0.297. The fraction of sp³-hybridized carbons (Fsp3) is 0.200. The molecule has 0 fully saturated rings. The largest absolute Gasteiger partial charge is 0.497 e. The van der Waals surface area contributed by atoms with Gasteiger partial charge in [-0.05, 0) is 42.4 Å². The van der Waals surface area contributed by atoms with Gasteiger partial charge in [-0.25, -0.2) is 0 Å². The van der Waals surface area contributed by atoms with E-state index in [0.717, 1.165) is 27.5 Å². The average Bonchev–Trinajstić information content (AvgIpc) is 2.94. The van der Waals surface area contributed by atoms with Crippen LogP contribution in [0.3, 0.4) is 0 Å². The minimum atomic E-state index is -3.21. The van der Waals surface area contributed by atoms with Crippen LogP contribution < -0.4 is 24.8 Å². The average molecular weight is 502 g/mol. The molecule has 0 amide bonds. The van der Waals surface area contributed by atoms with Crippen LogP contribution in [0.2, 0.25) is 0 Å². The molecule has 1 unspecified atom stereocenters. The minimum absolute atomic E-state index is 0.454. The first-order valence-corrected chi connectivity index (χ1v) is 13.5. The van der Waals surface area contributed by atoms with Crippen LogP contribution in [-0.4, -0.2) is 33.3 Å². The van der Waals surface area contributed by atoms with Crippen molar-refractivity contribution in [2.75, 3.05) is 28.4 Å². The van der Waals surface area contributed by atoms with Gasteiger partial charge < -0.3 is 18.8 Å². The molecule has 36 heavy (non-hydrogen) atoms. The van der Waals surface area contributed by atoms with Crippen molar-refractivity contribution < 1.29 is 18.8 Å². The minimum Gasteiger partial charge on any atom is -0.497 e. The van der Waals surface area contributed by atoms with E-state index >= 15 is 4.57 Å². The van der Waals surface area contributed by atoms with Crippen molar-refractivity contribution in [2.24, 2.45) is 0 Å². The van der Waals surface area contributed by atoms with Crippen LogP contribution in [0.1, 0.15) is 16.9 Å². The predicted octanol–water partition coefficient (Wildman–Crippen LogP) is 5.86.